The topological polar surface area (TPSA) is 237 Å². The molecule has 88 heavy (non-hydrogen) atoms. The van der Waals surface area contributed by atoms with Crippen LogP contribution in [-0.4, -0.2) is 96.7 Å². The zero-order valence-corrected chi connectivity index (χ0v) is 58.8. The molecule has 0 spiro atoms. The number of carbonyl (C=O) groups excluding carboxylic acids is 4. The highest BCUT2D eigenvalue weighted by Crippen LogP contribution is 2.45. The van der Waals surface area contributed by atoms with Gasteiger partial charge in [-0.05, 0) is 37.5 Å². The molecule has 0 aromatic carbocycles. The van der Waals surface area contributed by atoms with Gasteiger partial charge >= 0.3 is 39.5 Å². The van der Waals surface area contributed by atoms with E-state index in [1.165, 1.54) is 154 Å². The van der Waals surface area contributed by atoms with Crippen LogP contribution >= 0.6 is 15.6 Å². The largest absolute Gasteiger partial charge is 0.472 e. The molecule has 0 aromatic heterocycles. The Balaban J connectivity index is 5.18. The van der Waals surface area contributed by atoms with Crippen LogP contribution in [0.3, 0.4) is 0 Å². The molecule has 0 fully saturated rings. The van der Waals surface area contributed by atoms with Gasteiger partial charge in [-0.15, -0.1) is 0 Å². The molecular weight excluding hydrogens is 1160 g/mol. The van der Waals surface area contributed by atoms with Crippen molar-refractivity contribution in [3.63, 3.8) is 0 Å². The molecule has 19 heteroatoms. The van der Waals surface area contributed by atoms with E-state index in [0.717, 1.165) is 115 Å². The number of phosphoric acid groups is 2. The number of unbranched alkanes of at least 4 members (excludes halogenated alkanes) is 36. The van der Waals surface area contributed by atoms with E-state index in [4.69, 9.17) is 37.0 Å². The fourth-order valence-corrected chi connectivity index (χ4v) is 11.9. The van der Waals surface area contributed by atoms with Crippen molar-refractivity contribution in [2.24, 2.45) is 11.8 Å². The van der Waals surface area contributed by atoms with Crippen LogP contribution in [0.15, 0.2) is 0 Å². The summed E-state index contributed by atoms with van der Waals surface area (Å²) < 4.78 is 68.1. The minimum atomic E-state index is -4.95. The summed E-state index contributed by atoms with van der Waals surface area (Å²) in [4.78, 5) is 72.3. The Bertz CT molecular complexity index is 1720. The van der Waals surface area contributed by atoms with Crippen LogP contribution in [0, 0.1) is 11.8 Å². The number of ether oxygens (including phenoxy) is 4. The van der Waals surface area contributed by atoms with Gasteiger partial charge in [-0.2, -0.15) is 0 Å². The van der Waals surface area contributed by atoms with Gasteiger partial charge < -0.3 is 33.8 Å². The van der Waals surface area contributed by atoms with Crippen molar-refractivity contribution in [1.82, 2.24) is 0 Å². The molecule has 0 rings (SSSR count). The van der Waals surface area contributed by atoms with Crippen molar-refractivity contribution in [2.45, 2.75) is 368 Å². The average Bonchev–Trinajstić information content (AvgIpc) is 3.64. The molecule has 0 saturated carbocycles. The number of aliphatic hydroxyl groups excluding tert-OH is 1. The second-order valence-electron chi connectivity index (χ2n) is 25.4. The normalized spacial score (nSPS) is 14.8. The summed E-state index contributed by atoms with van der Waals surface area (Å²) >= 11 is 0. The quantitative estimate of drug-likeness (QED) is 0.0222. The monoisotopic (exact) mass is 1300 g/mol. The van der Waals surface area contributed by atoms with E-state index in [-0.39, 0.29) is 25.7 Å². The predicted octanol–water partition coefficient (Wildman–Crippen LogP) is 19.6. The third-order valence-corrected chi connectivity index (χ3v) is 18.6. The molecule has 0 bridgehead atoms. The van der Waals surface area contributed by atoms with Gasteiger partial charge in [0.2, 0.25) is 0 Å². The maximum absolute atomic E-state index is 13.0. The van der Waals surface area contributed by atoms with Gasteiger partial charge in [-0.1, -0.05) is 298 Å². The summed E-state index contributed by atoms with van der Waals surface area (Å²) in [5, 5.41) is 10.6. The summed E-state index contributed by atoms with van der Waals surface area (Å²) in [7, 11) is -9.89. The molecule has 0 aliphatic carbocycles. The average molecular weight is 1300 g/mol. The standard InChI is InChI=1S/C69H134O17P2/c1-7-11-13-15-17-18-19-20-21-22-23-24-25-26-27-28-34-41-47-53-68(73)85-64(58-80-67(72)52-46-40-33-30-29-32-37-43-49-61(5)9-3)59-83-87(75,76)81-55-63(70)56-82-88(77,78)84-60-65(57-79-66(71)51-45-39-31-16-14-12-8-2)86-69(74)54-48-42-36-35-38-44-50-62(6)10-4/h61-65,70H,7-60H2,1-6H3,(H,75,76)(H,77,78)/t61?,62?,63-,64-,65-/m1/s1. The summed E-state index contributed by atoms with van der Waals surface area (Å²) in [6.45, 7) is 9.45. The van der Waals surface area contributed by atoms with Crippen LogP contribution in [0.25, 0.3) is 0 Å². The number of carbonyl (C=O) groups is 4. The Morgan fingerprint density at radius 3 is 0.807 bits per heavy atom. The van der Waals surface area contributed by atoms with E-state index >= 15 is 0 Å². The molecule has 0 aromatic rings. The summed E-state index contributed by atoms with van der Waals surface area (Å²) in [6.07, 6.45) is 46.0. The van der Waals surface area contributed by atoms with Crippen molar-refractivity contribution >= 4 is 39.5 Å². The predicted molar refractivity (Wildman–Crippen MR) is 354 cm³/mol. The Morgan fingerprint density at radius 1 is 0.318 bits per heavy atom. The summed E-state index contributed by atoms with van der Waals surface area (Å²) in [5.74, 6) is -0.636. The van der Waals surface area contributed by atoms with Gasteiger partial charge in [0.05, 0.1) is 26.4 Å². The first-order chi connectivity index (χ1) is 42.4. The number of aliphatic hydroxyl groups is 1. The lowest BCUT2D eigenvalue weighted by atomic mass is 9.99. The van der Waals surface area contributed by atoms with E-state index in [0.29, 0.717) is 25.7 Å². The van der Waals surface area contributed by atoms with Gasteiger partial charge in [0.1, 0.15) is 19.3 Å². The molecule has 4 unspecified atom stereocenters. The first-order valence-electron chi connectivity index (χ1n) is 36.1. The van der Waals surface area contributed by atoms with Crippen LogP contribution in [0.1, 0.15) is 350 Å². The van der Waals surface area contributed by atoms with Gasteiger partial charge in [0, 0.05) is 25.7 Å². The summed E-state index contributed by atoms with van der Waals surface area (Å²) in [5.41, 5.74) is 0. The Labute approximate surface area is 537 Å². The molecule has 7 atom stereocenters. The lowest BCUT2D eigenvalue weighted by Gasteiger charge is -2.21. The van der Waals surface area contributed by atoms with Crippen LogP contribution < -0.4 is 0 Å². The molecule has 522 valence electrons. The lowest BCUT2D eigenvalue weighted by molar-refractivity contribution is -0.161. The number of phosphoric ester groups is 2. The van der Waals surface area contributed by atoms with Gasteiger partial charge in [-0.3, -0.25) is 37.3 Å². The van der Waals surface area contributed by atoms with Crippen molar-refractivity contribution in [2.75, 3.05) is 39.6 Å². The Morgan fingerprint density at radius 2 is 0.545 bits per heavy atom. The van der Waals surface area contributed by atoms with Crippen molar-refractivity contribution in [3.05, 3.63) is 0 Å². The number of rotatable bonds is 68. The molecule has 0 radical (unpaired) electrons. The molecule has 3 N–H and O–H groups in total. The van der Waals surface area contributed by atoms with Gasteiger partial charge in [0.15, 0.2) is 12.2 Å². The minimum Gasteiger partial charge on any atom is -0.462 e. The van der Waals surface area contributed by atoms with E-state index in [2.05, 4.69) is 41.5 Å². The molecule has 0 amide bonds. The highest BCUT2D eigenvalue weighted by Gasteiger charge is 2.30. The maximum Gasteiger partial charge on any atom is 0.472 e. The van der Waals surface area contributed by atoms with Crippen LogP contribution in [0.2, 0.25) is 0 Å². The van der Waals surface area contributed by atoms with E-state index in [1.54, 1.807) is 0 Å². The first-order valence-corrected chi connectivity index (χ1v) is 39.1. The third-order valence-electron chi connectivity index (χ3n) is 16.7. The van der Waals surface area contributed by atoms with E-state index in [9.17, 15) is 43.2 Å². The second kappa shape index (κ2) is 61.3. The van der Waals surface area contributed by atoms with Crippen LogP contribution in [0.4, 0.5) is 0 Å². The second-order valence-corrected chi connectivity index (χ2v) is 28.3. The molecule has 0 aliphatic rings. The van der Waals surface area contributed by atoms with Crippen LogP contribution in [-0.2, 0) is 65.4 Å². The molecular formula is C69H134O17P2. The third kappa shape index (κ3) is 60.3. The molecule has 17 nitrogen and oxygen atoms in total. The summed E-state index contributed by atoms with van der Waals surface area (Å²) in [6, 6.07) is 0. The van der Waals surface area contributed by atoms with E-state index in [1.807, 2.05) is 0 Å². The fraction of sp³-hybridized carbons (Fsp3) is 0.942. The van der Waals surface area contributed by atoms with Crippen molar-refractivity contribution < 1.29 is 80.2 Å². The highest BCUT2D eigenvalue weighted by molar-refractivity contribution is 7.47. The smallest absolute Gasteiger partial charge is 0.462 e. The molecule has 0 heterocycles. The first kappa shape index (κ1) is 86.1. The minimum absolute atomic E-state index is 0.103. The highest BCUT2D eigenvalue weighted by atomic mass is 31.2. The molecule has 0 saturated heterocycles. The number of hydrogen-bond donors (Lipinski definition) is 3. The SMILES string of the molecule is CCCCCCCCCCCCCCCCCCCCCC(=O)O[C@H](COC(=O)CCCCCCCCCCC(C)CC)COP(=O)(O)OC[C@@H](O)COP(=O)(O)OC[C@@H](COC(=O)CCCCCCCCC)OC(=O)CCCCCCCCC(C)CC. The van der Waals surface area contributed by atoms with Crippen LogP contribution in [0.5, 0.6) is 0 Å². The zero-order chi connectivity index (χ0) is 65.0. The number of hydrogen-bond acceptors (Lipinski definition) is 15. The van der Waals surface area contributed by atoms with Crippen molar-refractivity contribution in [3.8, 4) is 0 Å². The molecule has 0 aliphatic heterocycles. The fourth-order valence-electron chi connectivity index (χ4n) is 10.4. The Kier molecular flexibility index (Phi) is 59.9. The van der Waals surface area contributed by atoms with E-state index < -0.39 is 97.5 Å². The maximum atomic E-state index is 13.0. The van der Waals surface area contributed by atoms with Gasteiger partial charge in [-0.25, -0.2) is 9.13 Å². The van der Waals surface area contributed by atoms with Crippen molar-refractivity contribution in [1.29, 1.82) is 0 Å². The zero-order valence-electron chi connectivity index (χ0n) is 57.0. The number of esters is 4. The van der Waals surface area contributed by atoms with Gasteiger partial charge in [0.25, 0.3) is 0 Å². The lowest BCUT2D eigenvalue weighted by Crippen LogP contribution is -2.30. The Hall–Kier alpha value is -1.94.